The highest BCUT2D eigenvalue weighted by Crippen LogP contribution is 2.20. The fourth-order valence-corrected chi connectivity index (χ4v) is 3.56. The van der Waals surface area contributed by atoms with Crippen LogP contribution in [0, 0.1) is 5.92 Å². The number of rotatable bonds is 5. The summed E-state index contributed by atoms with van der Waals surface area (Å²) in [5.41, 5.74) is 1.34. The average molecular weight is 314 g/mol. The average Bonchev–Trinajstić information content (AvgIpc) is 2.81. The van der Waals surface area contributed by atoms with Crippen LogP contribution in [0.4, 0.5) is 5.82 Å². The van der Waals surface area contributed by atoms with Gasteiger partial charge in [-0.1, -0.05) is 18.2 Å². The lowest BCUT2D eigenvalue weighted by Crippen LogP contribution is -2.31. The summed E-state index contributed by atoms with van der Waals surface area (Å²) < 4.78 is 0. The second kappa shape index (κ2) is 8.46. The van der Waals surface area contributed by atoms with Crippen molar-refractivity contribution in [2.45, 2.75) is 32.2 Å². The summed E-state index contributed by atoms with van der Waals surface area (Å²) in [5, 5.41) is 3.66. The van der Waals surface area contributed by atoms with E-state index in [2.05, 4.69) is 46.4 Å². The summed E-state index contributed by atoms with van der Waals surface area (Å²) in [6.45, 7) is 6.54. The quantitative estimate of drug-likeness (QED) is 0.847. The molecule has 2 aliphatic rings. The van der Waals surface area contributed by atoms with Crippen molar-refractivity contribution in [3.8, 4) is 0 Å². The maximum Gasteiger partial charge on any atom is 0.133 e. The van der Waals surface area contributed by atoms with Gasteiger partial charge in [0.2, 0.25) is 0 Å². The summed E-state index contributed by atoms with van der Waals surface area (Å²) in [6, 6.07) is 4.29. The molecule has 126 valence electrons. The van der Waals surface area contributed by atoms with Crippen LogP contribution in [-0.4, -0.2) is 49.7 Å². The SMILES string of the molecule is CN1CCCN(c2ncccc2CNCC2CC=CCC2)CC1. The summed E-state index contributed by atoms with van der Waals surface area (Å²) in [5.74, 6) is 1.98. The Hall–Kier alpha value is -1.39. The molecule has 1 fully saturated rings. The number of likely N-dealkylation sites (N-methyl/N-ethyl adjacent to an activating group) is 1. The van der Waals surface area contributed by atoms with Crippen LogP contribution in [0.25, 0.3) is 0 Å². The van der Waals surface area contributed by atoms with Crippen molar-refractivity contribution in [2.75, 3.05) is 44.7 Å². The van der Waals surface area contributed by atoms with Crippen molar-refractivity contribution in [3.63, 3.8) is 0 Å². The van der Waals surface area contributed by atoms with E-state index < -0.39 is 0 Å². The fraction of sp³-hybridized carbons (Fsp3) is 0.632. The van der Waals surface area contributed by atoms with Crippen LogP contribution in [0.1, 0.15) is 31.2 Å². The Bertz CT molecular complexity index is 514. The topological polar surface area (TPSA) is 31.4 Å². The van der Waals surface area contributed by atoms with Crippen LogP contribution in [0.5, 0.6) is 0 Å². The van der Waals surface area contributed by atoms with Gasteiger partial charge in [0.05, 0.1) is 0 Å². The molecule has 0 bridgehead atoms. The van der Waals surface area contributed by atoms with Crippen LogP contribution in [-0.2, 0) is 6.54 Å². The smallest absolute Gasteiger partial charge is 0.133 e. The monoisotopic (exact) mass is 314 g/mol. The number of aromatic nitrogens is 1. The lowest BCUT2D eigenvalue weighted by molar-refractivity contribution is 0.360. The van der Waals surface area contributed by atoms with Crippen LogP contribution >= 0.6 is 0 Å². The van der Waals surface area contributed by atoms with Gasteiger partial charge in [-0.15, -0.1) is 0 Å². The summed E-state index contributed by atoms with van der Waals surface area (Å²) >= 11 is 0. The summed E-state index contributed by atoms with van der Waals surface area (Å²) in [4.78, 5) is 9.57. The van der Waals surface area contributed by atoms with E-state index in [-0.39, 0.29) is 0 Å². The molecule has 4 heteroatoms. The molecule has 0 spiro atoms. The van der Waals surface area contributed by atoms with Crippen molar-refractivity contribution in [3.05, 3.63) is 36.0 Å². The van der Waals surface area contributed by atoms with Gasteiger partial charge in [-0.2, -0.15) is 0 Å². The van der Waals surface area contributed by atoms with Gasteiger partial charge in [-0.05, 0) is 57.8 Å². The minimum atomic E-state index is 0.798. The largest absolute Gasteiger partial charge is 0.355 e. The second-order valence-corrected chi connectivity index (χ2v) is 6.91. The first-order valence-electron chi connectivity index (χ1n) is 9.06. The normalized spacial score (nSPS) is 23.0. The van der Waals surface area contributed by atoms with Gasteiger partial charge in [-0.25, -0.2) is 4.98 Å². The third kappa shape index (κ3) is 4.79. The Morgan fingerprint density at radius 3 is 3.04 bits per heavy atom. The third-order valence-corrected chi connectivity index (χ3v) is 5.01. The summed E-state index contributed by atoms with van der Waals surface area (Å²) in [7, 11) is 2.21. The maximum atomic E-state index is 4.69. The number of allylic oxidation sites excluding steroid dienone is 2. The second-order valence-electron chi connectivity index (χ2n) is 6.91. The fourth-order valence-electron chi connectivity index (χ4n) is 3.56. The molecule has 1 aliphatic heterocycles. The first-order chi connectivity index (χ1) is 11.3. The molecular formula is C19H30N4. The minimum absolute atomic E-state index is 0.798. The van der Waals surface area contributed by atoms with Crippen molar-refractivity contribution >= 4 is 5.82 Å². The summed E-state index contributed by atoms with van der Waals surface area (Å²) in [6.07, 6.45) is 11.6. The van der Waals surface area contributed by atoms with E-state index in [1.54, 1.807) is 0 Å². The number of pyridine rings is 1. The maximum absolute atomic E-state index is 4.69. The predicted octanol–water partition coefficient (Wildman–Crippen LogP) is 2.67. The highest BCUT2D eigenvalue weighted by Gasteiger charge is 2.16. The number of hydrogen-bond acceptors (Lipinski definition) is 4. The van der Waals surface area contributed by atoms with Gasteiger partial charge < -0.3 is 15.1 Å². The van der Waals surface area contributed by atoms with Crippen LogP contribution in [0.15, 0.2) is 30.5 Å². The molecule has 1 atom stereocenters. The number of hydrogen-bond donors (Lipinski definition) is 1. The number of nitrogens with zero attached hydrogens (tertiary/aromatic N) is 3. The molecule has 1 N–H and O–H groups in total. The third-order valence-electron chi connectivity index (χ3n) is 5.01. The Labute approximate surface area is 140 Å². The van der Waals surface area contributed by atoms with E-state index in [0.29, 0.717) is 0 Å². The molecule has 3 rings (SSSR count). The molecule has 1 aromatic heterocycles. The first-order valence-corrected chi connectivity index (χ1v) is 9.06. The Balaban J connectivity index is 1.57. The molecule has 1 aliphatic carbocycles. The van der Waals surface area contributed by atoms with Crippen molar-refractivity contribution in [2.24, 2.45) is 5.92 Å². The van der Waals surface area contributed by atoms with E-state index in [1.807, 2.05) is 6.20 Å². The van der Waals surface area contributed by atoms with Crippen LogP contribution < -0.4 is 10.2 Å². The van der Waals surface area contributed by atoms with Gasteiger partial charge in [0.25, 0.3) is 0 Å². The van der Waals surface area contributed by atoms with Gasteiger partial charge in [0.1, 0.15) is 5.82 Å². The van der Waals surface area contributed by atoms with Crippen LogP contribution in [0.2, 0.25) is 0 Å². The van der Waals surface area contributed by atoms with Crippen molar-refractivity contribution < 1.29 is 0 Å². The zero-order valence-corrected chi connectivity index (χ0v) is 14.4. The first kappa shape index (κ1) is 16.5. The van der Waals surface area contributed by atoms with Crippen LogP contribution in [0.3, 0.4) is 0 Å². The highest BCUT2D eigenvalue weighted by atomic mass is 15.2. The molecule has 1 unspecified atom stereocenters. The lowest BCUT2D eigenvalue weighted by atomic mass is 9.94. The van der Waals surface area contributed by atoms with Crippen molar-refractivity contribution in [1.82, 2.24) is 15.2 Å². The van der Waals surface area contributed by atoms with E-state index in [9.17, 15) is 0 Å². The number of anilines is 1. The molecule has 0 aromatic carbocycles. The molecule has 1 saturated heterocycles. The highest BCUT2D eigenvalue weighted by molar-refractivity contribution is 5.46. The Kier molecular flexibility index (Phi) is 6.06. The van der Waals surface area contributed by atoms with Crippen molar-refractivity contribution in [1.29, 1.82) is 0 Å². The molecular weight excluding hydrogens is 284 g/mol. The van der Waals surface area contributed by atoms with E-state index in [1.165, 1.54) is 43.6 Å². The predicted molar refractivity (Wildman–Crippen MR) is 96.8 cm³/mol. The zero-order valence-electron chi connectivity index (χ0n) is 14.4. The molecule has 0 radical (unpaired) electrons. The van der Waals surface area contributed by atoms with Gasteiger partial charge >= 0.3 is 0 Å². The standard InChI is InChI=1S/C19H30N4/c1-22-11-6-12-23(14-13-22)19-18(9-5-10-21-19)16-20-15-17-7-3-2-4-8-17/h2-3,5,9-10,17,20H,4,6-8,11-16H2,1H3. The van der Waals surface area contributed by atoms with E-state index in [4.69, 9.17) is 4.98 Å². The lowest BCUT2D eigenvalue weighted by Gasteiger charge is -2.25. The molecule has 4 nitrogen and oxygen atoms in total. The molecule has 0 saturated carbocycles. The number of nitrogens with one attached hydrogen (secondary N) is 1. The van der Waals surface area contributed by atoms with E-state index >= 15 is 0 Å². The Morgan fingerprint density at radius 1 is 1.22 bits per heavy atom. The molecule has 1 aromatic rings. The van der Waals surface area contributed by atoms with Gasteiger partial charge in [0.15, 0.2) is 0 Å². The van der Waals surface area contributed by atoms with E-state index in [0.717, 1.165) is 38.6 Å². The van der Waals surface area contributed by atoms with Gasteiger partial charge in [0, 0.05) is 37.9 Å². The molecule has 2 heterocycles. The Morgan fingerprint density at radius 2 is 2.17 bits per heavy atom. The molecule has 23 heavy (non-hydrogen) atoms. The molecule has 0 amide bonds. The minimum Gasteiger partial charge on any atom is -0.355 e. The zero-order chi connectivity index (χ0) is 15.9. The van der Waals surface area contributed by atoms with Gasteiger partial charge in [-0.3, -0.25) is 0 Å².